The number of hydrogen-bond acceptors (Lipinski definition) is 9. The maximum atomic E-state index is 10.5. The Labute approximate surface area is 192 Å². The highest BCUT2D eigenvalue weighted by atomic mass is 16.3. The Morgan fingerprint density at radius 3 is 2.55 bits per heavy atom. The van der Waals surface area contributed by atoms with E-state index in [9.17, 15) is 5.11 Å². The van der Waals surface area contributed by atoms with Crippen molar-refractivity contribution in [2.45, 2.75) is 63.1 Å². The number of phenolic OH excluding ortho intramolecular Hbond substituents is 1. The molecule has 2 saturated heterocycles. The number of fused-ring (bicyclic) bond motifs is 2. The van der Waals surface area contributed by atoms with Crippen LogP contribution in [0.25, 0.3) is 17.1 Å². The number of hydrogen-bond donors (Lipinski definition) is 2. The Kier molecular flexibility index (Phi) is 5.01. The van der Waals surface area contributed by atoms with Gasteiger partial charge in [0.1, 0.15) is 11.8 Å². The lowest BCUT2D eigenvalue weighted by Crippen LogP contribution is -2.66. The summed E-state index contributed by atoms with van der Waals surface area (Å²) in [7, 11) is 2.06. The summed E-state index contributed by atoms with van der Waals surface area (Å²) in [4.78, 5) is 6.67. The average molecular weight is 446 g/mol. The molecule has 0 amide bonds. The summed E-state index contributed by atoms with van der Waals surface area (Å²) in [5.41, 5.74) is 1.55. The van der Waals surface area contributed by atoms with E-state index in [1.165, 1.54) is 36.2 Å². The molecule has 0 aliphatic carbocycles. The predicted octanol–water partition coefficient (Wildman–Crippen LogP) is 2.59. The highest BCUT2D eigenvalue weighted by Crippen LogP contribution is 2.41. The fraction of sp³-hybridized carbons (Fsp3) is 0.478. The highest BCUT2D eigenvalue weighted by molar-refractivity contribution is 5.66. The summed E-state index contributed by atoms with van der Waals surface area (Å²) in [5, 5.41) is 39.7. The maximum Gasteiger partial charge on any atom is 0.185 e. The minimum absolute atomic E-state index is 0.00329. The van der Waals surface area contributed by atoms with Gasteiger partial charge in [0.15, 0.2) is 17.3 Å². The topological polar surface area (TPSA) is 129 Å². The third-order valence-corrected chi connectivity index (χ3v) is 6.99. The van der Waals surface area contributed by atoms with E-state index in [1.807, 2.05) is 6.07 Å². The lowest BCUT2D eigenvalue weighted by molar-refractivity contribution is 0.0784. The van der Waals surface area contributed by atoms with Crippen LogP contribution in [0.5, 0.6) is 5.75 Å². The normalized spacial score (nSPS) is 26.5. The van der Waals surface area contributed by atoms with Crippen molar-refractivity contribution in [1.29, 1.82) is 5.26 Å². The van der Waals surface area contributed by atoms with Crippen molar-refractivity contribution in [3.63, 3.8) is 0 Å². The summed E-state index contributed by atoms with van der Waals surface area (Å²) < 4.78 is 1.43. The molecular weight excluding hydrogens is 418 g/mol. The summed E-state index contributed by atoms with van der Waals surface area (Å²) in [5.74, 6) is 1.06. The van der Waals surface area contributed by atoms with Gasteiger partial charge < -0.3 is 15.3 Å². The molecule has 0 saturated carbocycles. The number of anilines is 1. The van der Waals surface area contributed by atoms with Crippen LogP contribution in [0.3, 0.4) is 0 Å². The Bertz CT molecular complexity index is 1200. The summed E-state index contributed by atoms with van der Waals surface area (Å²) in [6.07, 6.45) is 8.98. The van der Waals surface area contributed by atoms with Gasteiger partial charge in [0.2, 0.25) is 0 Å². The molecule has 10 nitrogen and oxygen atoms in total. The number of piperidine rings is 2. The molecule has 2 N–H and O–H groups in total. The fourth-order valence-electron chi connectivity index (χ4n) is 5.45. The molecule has 1 aromatic carbocycles. The standard InChI is InChI=1S/C23H27N9O/c1-22-7-4-8-23(2,29-22)11-17(10-22)31(3)20-13-25-21(28-27-20)18-6-5-16(9-19(18)33)32-14-15(12-24)26-30-32/h5-6,9,13-14,17,29,33H,4,7-8,10-11H2,1-3H3/t17?,22-,23+. The lowest BCUT2D eigenvalue weighted by atomic mass is 9.69. The van der Waals surface area contributed by atoms with E-state index in [0.717, 1.165) is 18.7 Å². The van der Waals surface area contributed by atoms with Crippen molar-refractivity contribution < 1.29 is 5.11 Å². The largest absolute Gasteiger partial charge is 0.507 e. The Morgan fingerprint density at radius 2 is 1.94 bits per heavy atom. The zero-order valence-corrected chi connectivity index (χ0v) is 19.0. The van der Waals surface area contributed by atoms with Crippen molar-refractivity contribution in [2.24, 2.45) is 0 Å². The monoisotopic (exact) mass is 445 g/mol. The predicted molar refractivity (Wildman–Crippen MR) is 122 cm³/mol. The first kappa shape index (κ1) is 21.3. The van der Waals surface area contributed by atoms with E-state index < -0.39 is 0 Å². The van der Waals surface area contributed by atoms with Crippen molar-refractivity contribution in [3.8, 4) is 28.9 Å². The second kappa shape index (κ2) is 7.78. The third kappa shape index (κ3) is 4.00. The molecule has 0 spiro atoms. The van der Waals surface area contributed by atoms with Gasteiger partial charge in [-0.2, -0.15) is 5.26 Å². The van der Waals surface area contributed by atoms with Crippen LogP contribution >= 0.6 is 0 Å². The number of benzene rings is 1. The molecule has 2 aliphatic rings. The minimum Gasteiger partial charge on any atom is -0.507 e. The Balaban J connectivity index is 1.35. The van der Waals surface area contributed by atoms with E-state index in [1.54, 1.807) is 18.3 Å². The van der Waals surface area contributed by atoms with Gasteiger partial charge in [-0.25, -0.2) is 9.67 Å². The number of phenols is 1. The minimum atomic E-state index is -0.00329. The van der Waals surface area contributed by atoms with Crippen LogP contribution in [0.15, 0.2) is 30.6 Å². The molecule has 3 aromatic rings. The quantitative estimate of drug-likeness (QED) is 0.622. The molecular formula is C23H27N9O. The molecule has 2 bridgehead atoms. The zero-order chi connectivity index (χ0) is 23.2. The number of aromatic hydroxyl groups is 1. The molecule has 33 heavy (non-hydrogen) atoms. The highest BCUT2D eigenvalue weighted by Gasteiger charge is 2.46. The van der Waals surface area contributed by atoms with Gasteiger partial charge in [-0.05, 0) is 58.1 Å². The Hall–Kier alpha value is -3.58. The summed E-state index contributed by atoms with van der Waals surface area (Å²) >= 11 is 0. The van der Waals surface area contributed by atoms with Crippen LogP contribution in [0.1, 0.15) is 51.6 Å². The molecule has 2 aliphatic heterocycles. The van der Waals surface area contributed by atoms with Crippen LogP contribution < -0.4 is 10.2 Å². The number of rotatable bonds is 4. The number of nitrogens with one attached hydrogen (secondary N) is 1. The zero-order valence-electron chi connectivity index (χ0n) is 19.0. The van der Waals surface area contributed by atoms with Crippen LogP contribution in [0.4, 0.5) is 5.82 Å². The van der Waals surface area contributed by atoms with Crippen molar-refractivity contribution in [2.75, 3.05) is 11.9 Å². The molecule has 2 fully saturated rings. The van der Waals surface area contributed by atoms with Gasteiger partial charge in [-0.1, -0.05) is 5.21 Å². The molecule has 170 valence electrons. The molecule has 0 radical (unpaired) electrons. The van der Waals surface area contributed by atoms with E-state index >= 15 is 0 Å². The number of nitrogens with zero attached hydrogens (tertiary/aromatic N) is 8. The van der Waals surface area contributed by atoms with E-state index in [0.29, 0.717) is 23.1 Å². The second-order valence-electron chi connectivity index (χ2n) is 9.77. The van der Waals surface area contributed by atoms with Gasteiger partial charge in [0, 0.05) is 30.2 Å². The van der Waals surface area contributed by atoms with Gasteiger partial charge in [0.25, 0.3) is 0 Å². The fourth-order valence-corrected chi connectivity index (χ4v) is 5.45. The van der Waals surface area contributed by atoms with Crippen molar-refractivity contribution in [1.82, 2.24) is 35.5 Å². The van der Waals surface area contributed by atoms with Gasteiger partial charge >= 0.3 is 0 Å². The van der Waals surface area contributed by atoms with Crippen LogP contribution in [0, 0.1) is 11.3 Å². The van der Waals surface area contributed by atoms with Crippen LogP contribution in [-0.2, 0) is 0 Å². The molecule has 1 unspecified atom stereocenters. The van der Waals surface area contributed by atoms with Crippen LogP contribution in [0.2, 0.25) is 0 Å². The van der Waals surface area contributed by atoms with Crippen molar-refractivity contribution >= 4 is 5.82 Å². The second-order valence-corrected chi connectivity index (χ2v) is 9.77. The molecule has 5 rings (SSSR count). The average Bonchev–Trinajstić information content (AvgIpc) is 3.27. The van der Waals surface area contributed by atoms with Gasteiger partial charge in [-0.3, -0.25) is 0 Å². The first-order valence-electron chi connectivity index (χ1n) is 11.2. The lowest BCUT2D eigenvalue weighted by Gasteiger charge is -2.55. The van der Waals surface area contributed by atoms with Crippen LogP contribution in [-0.4, -0.2) is 59.4 Å². The Morgan fingerprint density at radius 1 is 1.18 bits per heavy atom. The maximum absolute atomic E-state index is 10.5. The smallest absolute Gasteiger partial charge is 0.185 e. The first-order chi connectivity index (χ1) is 15.8. The number of nitriles is 1. The molecule has 4 heterocycles. The summed E-state index contributed by atoms with van der Waals surface area (Å²) in [6.45, 7) is 4.65. The van der Waals surface area contributed by atoms with E-state index in [2.05, 4.69) is 56.6 Å². The molecule has 3 atom stereocenters. The van der Waals surface area contributed by atoms with Crippen molar-refractivity contribution in [3.05, 3.63) is 36.3 Å². The van der Waals surface area contributed by atoms with E-state index in [4.69, 9.17) is 5.26 Å². The third-order valence-electron chi connectivity index (χ3n) is 6.99. The number of aromatic nitrogens is 6. The summed E-state index contributed by atoms with van der Waals surface area (Å²) in [6, 6.07) is 7.28. The molecule has 2 aromatic heterocycles. The SMILES string of the molecule is CN(c1cnc(-c2ccc(-n3cc(C#N)nn3)cc2O)nn1)C1C[C@]2(C)CCC[C@](C)(C1)N2. The first-order valence-corrected chi connectivity index (χ1v) is 11.2. The van der Waals surface area contributed by atoms with E-state index in [-0.39, 0.29) is 22.5 Å². The van der Waals surface area contributed by atoms with Gasteiger partial charge in [-0.15, -0.1) is 15.3 Å². The van der Waals surface area contributed by atoms with Gasteiger partial charge in [0.05, 0.1) is 23.6 Å². The molecule has 10 heteroatoms.